The Hall–Kier alpha value is -2.35. The number of nitrogens with one attached hydrogen (secondary N) is 1. The molecule has 0 aliphatic heterocycles. The number of hydrogen-bond donors (Lipinski definition) is 1. The summed E-state index contributed by atoms with van der Waals surface area (Å²) in [7, 11) is 1.80. The molecule has 0 bridgehead atoms. The van der Waals surface area contributed by atoms with E-state index in [1.54, 1.807) is 23.9 Å². The van der Waals surface area contributed by atoms with E-state index in [0.717, 1.165) is 17.8 Å². The number of halogens is 1. The van der Waals surface area contributed by atoms with E-state index in [-0.39, 0.29) is 5.82 Å². The molecular weight excluding hydrogens is 243 g/mol. The van der Waals surface area contributed by atoms with Crippen LogP contribution in [0.1, 0.15) is 16.8 Å². The zero-order valence-corrected chi connectivity index (χ0v) is 10.9. The van der Waals surface area contributed by atoms with E-state index < -0.39 is 0 Å². The van der Waals surface area contributed by atoms with E-state index in [1.165, 1.54) is 12.1 Å². The van der Waals surface area contributed by atoms with Crippen molar-refractivity contribution in [1.29, 1.82) is 5.26 Å². The fraction of sp³-hybridized carbons (Fsp3) is 0.286. The number of aryl methyl sites for hydroxylation is 2. The van der Waals surface area contributed by atoms with Crippen LogP contribution in [0.15, 0.2) is 24.3 Å². The summed E-state index contributed by atoms with van der Waals surface area (Å²) in [6, 6.07) is 8.56. The summed E-state index contributed by atoms with van der Waals surface area (Å²) in [6.45, 7) is 2.48. The molecule has 1 heterocycles. The van der Waals surface area contributed by atoms with Crippen molar-refractivity contribution < 1.29 is 4.39 Å². The summed E-state index contributed by atoms with van der Waals surface area (Å²) >= 11 is 0. The maximum Gasteiger partial charge on any atom is 0.142 e. The van der Waals surface area contributed by atoms with E-state index in [4.69, 9.17) is 5.26 Å². The van der Waals surface area contributed by atoms with E-state index in [0.29, 0.717) is 17.8 Å². The third-order valence-electron chi connectivity index (χ3n) is 2.95. The van der Waals surface area contributed by atoms with Crippen molar-refractivity contribution in [2.24, 2.45) is 7.05 Å². The van der Waals surface area contributed by atoms with Crippen molar-refractivity contribution in [3.63, 3.8) is 0 Å². The molecule has 0 atom stereocenters. The molecule has 5 heteroatoms. The van der Waals surface area contributed by atoms with Gasteiger partial charge in [-0.3, -0.25) is 4.68 Å². The second-order valence-electron chi connectivity index (χ2n) is 4.35. The lowest BCUT2D eigenvalue weighted by atomic mass is 10.1. The molecule has 0 saturated heterocycles. The monoisotopic (exact) mass is 258 g/mol. The number of nitrogens with zero attached hydrogens (tertiary/aromatic N) is 3. The maximum atomic E-state index is 12.8. The Balaban J connectivity index is 2.00. The molecule has 0 spiro atoms. The average Bonchev–Trinajstić information content (AvgIpc) is 2.66. The predicted molar refractivity (Wildman–Crippen MR) is 71.3 cm³/mol. The molecule has 1 aromatic carbocycles. The van der Waals surface area contributed by atoms with Gasteiger partial charge in [-0.15, -0.1) is 0 Å². The Morgan fingerprint density at radius 2 is 2.05 bits per heavy atom. The van der Waals surface area contributed by atoms with Crippen LogP contribution in [0.3, 0.4) is 0 Å². The molecule has 2 aromatic rings. The van der Waals surface area contributed by atoms with Gasteiger partial charge in [-0.05, 0) is 31.0 Å². The fourth-order valence-corrected chi connectivity index (χ4v) is 1.97. The largest absolute Gasteiger partial charge is 0.369 e. The van der Waals surface area contributed by atoms with Crippen molar-refractivity contribution in [2.75, 3.05) is 11.9 Å². The fourth-order valence-electron chi connectivity index (χ4n) is 1.97. The van der Waals surface area contributed by atoms with Gasteiger partial charge in [-0.1, -0.05) is 12.1 Å². The number of nitriles is 1. The molecule has 0 radical (unpaired) electrons. The predicted octanol–water partition coefficient (Wildman–Crippen LogP) is 2.39. The van der Waals surface area contributed by atoms with E-state index in [9.17, 15) is 4.39 Å². The minimum Gasteiger partial charge on any atom is -0.369 e. The van der Waals surface area contributed by atoms with Crippen LogP contribution >= 0.6 is 0 Å². The zero-order chi connectivity index (χ0) is 13.8. The van der Waals surface area contributed by atoms with Crippen molar-refractivity contribution in [1.82, 2.24) is 9.78 Å². The SMILES string of the molecule is Cc1nn(C)c(NCCc2ccc(F)cc2)c1C#N. The zero-order valence-electron chi connectivity index (χ0n) is 10.9. The van der Waals surface area contributed by atoms with Crippen molar-refractivity contribution in [2.45, 2.75) is 13.3 Å². The van der Waals surface area contributed by atoms with Gasteiger partial charge in [0.1, 0.15) is 23.3 Å². The highest BCUT2D eigenvalue weighted by Gasteiger charge is 2.11. The molecule has 1 aromatic heterocycles. The van der Waals surface area contributed by atoms with Gasteiger partial charge in [0.2, 0.25) is 0 Å². The molecule has 0 unspecified atom stereocenters. The summed E-state index contributed by atoms with van der Waals surface area (Å²) in [5.41, 5.74) is 2.34. The first-order valence-corrected chi connectivity index (χ1v) is 6.04. The lowest BCUT2D eigenvalue weighted by Gasteiger charge is -2.07. The van der Waals surface area contributed by atoms with Crippen LogP contribution in [0.25, 0.3) is 0 Å². The van der Waals surface area contributed by atoms with Crippen LogP contribution in [0.4, 0.5) is 10.2 Å². The van der Waals surface area contributed by atoms with Crippen LogP contribution in [0.2, 0.25) is 0 Å². The molecule has 0 fully saturated rings. The molecule has 4 nitrogen and oxygen atoms in total. The van der Waals surface area contributed by atoms with Crippen LogP contribution < -0.4 is 5.32 Å². The molecule has 0 aliphatic carbocycles. The third-order valence-corrected chi connectivity index (χ3v) is 2.95. The van der Waals surface area contributed by atoms with Gasteiger partial charge in [0.15, 0.2) is 0 Å². The van der Waals surface area contributed by atoms with Gasteiger partial charge in [-0.25, -0.2) is 4.39 Å². The summed E-state index contributed by atoms with van der Waals surface area (Å²) in [6.07, 6.45) is 0.759. The van der Waals surface area contributed by atoms with Gasteiger partial charge >= 0.3 is 0 Å². The van der Waals surface area contributed by atoms with E-state index >= 15 is 0 Å². The molecular formula is C14H15FN4. The summed E-state index contributed by atoms with van der Waals surface area (Å²) in [4.78, 5) is 0. The lowest BCUT2D eigenvalue weighted by molar-refractivity contribution is 0.627. The molecule has 0 amide bonds. The number of aromatic nitrogens is 2. The summed E-state index contributed by atoms with van der Waals surface area (Å²) in [5, 5.41) is 16.5. The van der Waals surface area contributed by atoms with Crippen LogP contribution in [0.5, 0.6) is 0 Å². The second kappa shape index (κ2) is 5.53. The first-order chi connectivity index (χ1) is 9.11. The van der Waals surface area contributed by atoms with Gasteiger partial charge in [0, 0.05) is 13.6 Å². The Morgan fingerprint density at radius 1 is 1.37 bits per heavy atom. The van der Waals surface area contributed by atoms with Crippen LogP contribution in [-0.2, 0) is 13.5 Å². The average molecular weight is 258 g/mol. The number of benzene rings is 1. The standard InChI is InChI=1S/C14H15FN4/c1-10-13(9-16)14(19(2)18-10)17-8-7-11-3-5-12(15)6-4-11/h3-6,17H,7-8H2,1-2H3. The Morgan fingerprint density at radius 3 is 2.68 bits per heavy atom. The summed E-state index contributed by atoms with van der Waals surface area (Å²) < 4.78 is 14.4. The Kier molecular flexibility index (Phi) is 3.81. The molecule has 19 heavy (non-hydrogen) atoms. The smallest absolute Gasteiger partial charge is 0.142 e. The first-order valence-electron chi connectivity index (χ1n) is 6.04. The van der Waals surface area contributed by atoms with Crippen molar-refractivity contribution in [3.8, 4) is 6.07 Å². The van der Waals surface area contributed by atoms with Crippen LogP contribution in [-0.4, -0.2) is 16.3 Å². The minimum absolute atomic E-state index is 0.231. The van der Waals surface area contributed by atoms with Crippen molar-refractivity contribution >= 4 is 5.82 Å². The highest BCUT2D eigenvalue weighted by atomic mass is 19.1. The molecule has 2 rings (SSSR count). The quantitative estimate of drug-likeness (QED) is 0.916. The highest BCUT2D eigenvalue weighted by Crippen LogP contribution is 2.17. The van der Waals surface area contributed by atoms with Gasteiger partial charge in [-0.2, -0.15) is 10.4 Å². The summed E-state index contributed by atoms with van der Waals surface area (Å²) in [5.74, 6) is 0.493. The first kappa shape index (κ1) is 13.1. The van der Waals surface area contributed by atoms with E-state index in [2.05, 4.69) is 16.5 Å². The lowest BCUT2D eigenvalue weighted by Crippen LogP contribution is -2.09. The molecule has 0 saturated carbocycles. The highest BCUT2D eigenvalue weighted by molar-refractivity contribution is 5.55. The number of hydrogen-bond acceptors (Lipinski definition) is 3. The minimum atomic E-state index is -0.231. The van der Waals surface area contributed by atoms with Gasteiger partial charge in [0.05, 0.1) is 5.69 Å². The van der Waals surface area contributed by atoms with Crippen molar-refractivity contribution in [3.05, 3.63) is 46.9 Å². The molecule has 1 N–H and O–H groups in total. The Bertz CT molecular complexity index is 608. The number of anilines is 1. The van der Waals surface area contributed by atoms with E-state index in [1.807, 2.05) is 6.92 Å². The maximum absolute atomic E-state index is 12.8. The normalized spacial score (nSPS) is 10.2. The van der Waals surface area contributed by atoms with Gasteiger partial charge in [0.25, 0.3) is 0 Å². The molecule has 98 valence electrons. The topological polar surface area (TPSA) is 53.6 Å². The third kappa shape index (κ3) is 2.91. The Labute approximate surface area is 111 Å². The number of rotatable bonds is 4. The van der Waals surface area contributed by atoms with Gasteiger partial charge < -0.3 is 5.32 Å². The van der Waals surface area contributed by atoms with Crippen LogP contribution in [0, 0.1) is 24.1 Å². The second-order valence-corrected chi connectivity index (χ2v) is 4.35. The molecule has 0 aliphatic rings.